The van der Waals surface area contributed by atoms with Gasteiger partial charge in [-0.3, -0.25) is 0 Å². The van der Waals surface area contributed by atoms with Crippen molar-refractivity contribution in [1.29, 1.82) is 5.26 Å². The van der Waals surface area contributed by atoms with Gasteiger partial charge in [-0.2, -0.15) is 5.26 Å². The SMILES string of the molecule is CC(N)Cc1ccccc1.N#Cc1ccccc1. The molecule has 92 valence electrons. The Bertz CT molecular complexity index is 469. The lowest BCUT2D eigenvalue weighted by molar-refractivity contribution is 0.738. The van der Waals surface area contributed by atoms with Gasteiger partial charge < -0.3 is 5.73 Å². The fraction of sp³-hybridized carbons (Fsp3) is 0.188. The molecule has 2 aromatic rings. The average Bonchev–Trinajstić information content (AvgIpc) is 2.41. The summed E-state index contributed by atoms with van der Waals surface area (Å²) < 4.78 is 0. The van der Waals surface area contributed by atoms with Gasteiger partial charge >= 0.3 is 0 Å². The van der Waals surface area contributed by atoms with Gasteiger partial charge in [0, 0.05) is 6.04 Å². The number of nitriles is 1. The molecule has 0 amide bonds. The minimum atomic E-state index is 0.266. The van der Waals surface area contributed by atoms with Crippen molar-refractivity contribution in [3.63, 3.8) is 0 Å². The van der Waals surface area contributed by atoms with Crippen LogP contribution in [0.2, 0.25) is 0 Å². The molecule has 2 N–H and O–H groups in total. The maximum Gasteiger partial charge on any atom is 0.0991 e. The molecule has 2 nitrogen and oxygen atoms in total. The molecular weight excluding hydrogens is 220 g/mol. The summed E-state index contributed by atoms with van der Waals surface area (Å²) in [6.07, 6.45) is 0.973. The van der Waals surface area contributed by atoms with Gasteiger partial charge in [0.2, 0.25) is 0 Å². The zero-order valence-electron chi connectivity index (χ0n) is 10.6. The molecule has 2 heteroatoms. The first kappa shape index (κ1) is 14.0. The summed E-state index contributed by atoms with van der Waals surface area (Å²) in [5.74, 6) is 0. The van der Waals surface area contributed by atoms with Gasteiger partial charge in [-0.25, -0.2) is 0 Å². The van der Waals surface area contributed by atoms with Gasteiger partial charge in [-0.1, -0.05) is 48.5 Å². The van der Waals surface area contributed by atoms with Crippen LogP contribution in [0.4, 0.5) is 0 Å². The minimum Gasteiger partial charge on any atom is -0.328 e. The molecule has 0 aliphatic heterocycles. The molecule has 0 bridgehead atoms. The maximum absolute atomic E-state index is 8.29. The number of benzene rings is 2. The van der Waals surface area contributed by atoms with Crippen LogP contribution >= 0.6 is 0 Å². The van der Waals surface area contributed by atoms with Crippen LogP contribution in [0.3, 0.4) is 0 Å². The van der Waals surface area contributed by atoms with Crippen molar-refractivity contribution in [2.45, 2.75) is 19.4 Å². The third kappa shape index (κ3) is 5.83. The van der Waals surface area contributed by atoms with Crippen LogP contribution in [0, 0.1) is 11.3 Å². The Morgan fingerprint density at radius 1 is 1.00 bits per heavy atom. The van der Waals surface area contributed by atoms with Crippen molar-refractivity contribution >= 4 is 0 Å². The van der Waals surface area contributed by atoms with E-state index in [-0.39, 0.29) is 6.04 Å². The first-order valence-corrected chi connectivity index (χ1v) is 5.97. The van der Waals surface area contributed by atoms with E-state index in [1.165, 1.54) is 5.56 Å². The smallest absolute Gasteiger partial charge is 0.0991 e. The van der Waals surface area contributed by atoms with Crippen molar-refractivity contribution in [1.82, 2.24) is 0 Å². The summed E-state index contributed by atoms with van der Waals surface area (Å²) in [5.41, 5.74) is 7.66. The van der Waals surface area contributed by atoms with Crippen LogP contribution in [-0.4, -0.2) is 6.04 Å². The van der Waals surface area contributed by atoms with E-state index in [9.17, 15) is 0 Å². The molecule has 0 heterocycles. The molecule has 0 aliphatic rings. The lowest BCUT2D eigenvalue weighted by Gasteiger charge is -2.02. The lowest BCUT2D eigenvalue weighted by atomic mass is 10.1. The lowest BCUT2D eigenvalue weighted by Crippen LogP contribution is -2.17. The Morgan fingerprint density at radius 3 is 1.89 bits per heavy atom. The fourth-order valence-electron chi connectivity index (χ4n) is 1.50. The highest BCUT2D eigenvalue weighted by atomic mass is 14.6. The molecule has 0 spiro atoms. The summed E-state index contributed by atoms with van der Waals surface area (Å²) in [7, 11) is 0. The highest BCUT2D eigenvalue weighted by molar-refractivity contribution is 5.27. The number of nitrogens with two attached hydrogens (primary N) is 1. The zero-order valence-corrected chi connectivity index (χ0v) is 10.6. The Morgan fingerprint density at radius 2 is 1.50 bits per heavy atom. The second kappa shape index (κ2) is 8.05. The summed E-state index contributed by atoms with van der Waals surface area (Å²) in [6, 6.07) is 21.7. The third-order valence-corrected chi connectivity index (χ3v) is 2.30. The summed E-state index contributed by atoms with van der Waals surface area (Å²) >= 11 is 0. The molecule has 0 fully saturated rings. The standard InChI is InChI=1S/C9H13N.C7H5N/c1-8(10)7-9-5-3-2-4-6-9;8-6-7-4-2-1-3-5-7/h2-6,8H,7,10H2,1H3;1-5H. The molecular formula is C16H18N2. The first-order chi connectivity index (χ1) is 8.72. The van der Waals surface area contributed by atoms with Crippen molar-refractivity contribution < 1.29 is 0 Å². The summed E-state index contributed by atoms with van der Waals surface area (Å²) in [4.78, 5) is 0. The second-order valence-corrected chi connectivity index (χ2v) is 4.14. The third-order valence-electron chi connectivity index (χ3n) is 2.30. The van der Waals surface area contributed by atoms with E-state index in [2.05, 4.69) is 12.1 Å². The van der Waals surface area contributed by atoms with Crippen LogP contribution in [0.25, 0.3) is 0 Å². The second-order valence-electron chi connectivity index (χ2n) is 4.14. The van der Waals surface area contributed by atoms with Crippen LogP contribution in [-0.2, 0) is 6.42 Å². The first-order valence-electron chi connectivity index (χ1n) is 5.97. The van der Waals surface area contributed by atoms with E-state index in [1.807, 2.05) is 49.4 Å². The molecule has 18 heavy (non-hydrogen) atoms. The van der Waals surface area contributed by atoms with Gasteiger partial charge in [-0.05, 0) is 31.0 Å². The number of hydrogen-bond acceptors (Lipinski definition) is 2. The average molecular weight is 238 g/mol. The van der Waals surface area contributed by atoms with Gasteiger partial charge in [0.05, 0.1) is 11.6 Å². The predicted molar refractivity (Wildman–Crippen MR) is 75.0 cm³/mol. The van der Waals surface area contributed by atoms with Crippen molar-refractivity contribution in [3.05, 3.63) is 71.8 Å². The largest absolute Gasteiger partial charge is 0.328 e. The monoisotopic (exact) mass is 238 g/mol. The van der Waals surface area contributed by atoms with Crippen molar-refractivity contribution in [2.75, 3.05) is 0 Å². The number of hydrogen-bond donors (Lipinski definition) is 1. The van der Waals surface area contributed by atoms with Crippen molar-refractivity contribution in [2.24, 2.45) is 5.73 Å². The summed E-state index contributed by atoms with van der Waals surface area (Å²) in [5, 5.41) is 8.29. The van der Waals surface area contributed by atoms with Gasteiger partial charge in [-0.15, -0.1) is 0 Å². The van der Waals surface area contributed by atoms with Crippen LogP contribution < -0.4 is 5.73 Å². The van der Waals surface area contributed by atoms with E-state index < -0.39 is 0 Å². The van der Waals surface area contributed by atoms with Crippen LogP contribution in [0.15, 0.2) is 60.7 Å². The number of rotatable bonds is 2. The van der Waals surface area contributed by atoms with Gasteiger partial charge in [0.25, 0.3) is 0 Å². The Hall–Kier alpha value is -2.11. The van der Waals surface area contributed by atoms with Gasteiger partial charge in [0.15, 0.2) is 0 Å². The highest BCUT2D eigenvalue weighted by Gasteiger charge is 1.94. The van der Waals surface area contributed by atoms with Crippen LogP contribution in [0.1, 0.15) is 18.1 Å². The van der Waals surface area contributed by atoms with Crippen LogP contribution in [0.5, 0.6) is 0 Å². The Kier molecular flexibility index (Phi) is 6.24. The molecule has 1 atom stereocenters. The Balaban J connectivity index is 0.000000184. The number of nitrogens with zero attached hydrogens (tertiary/aromatic N) is 1. The molecule has 1 unspecified atom stereocenters. The van der Waals surface area contributed by atoms with E-state index in [0.717, 1.165) is 6.42 Å². The quantitative estimate of drug-likeness (QED) is 0.873. The maximum atomic E-state index is 8.29. The molecule has 2 aromatic carbocycles. The molecule has 0 saturated heterocycles. The molecule has 0 aromatic heterocycles. The molecule has 0 radical (unpaired) electrons. The zero-order chi connectivity index (χ0) is 13.2. The normalized spacial score (nSPS) is 10.7. The van der Waals surface area contributed by atoms with Gasteiger partial charge in [0.1, 0.15) is 0 Å². The van der Waals surface area contributed by atoms with E-state index >= 15 is 0 Å². The van der Waals surface area contributed by atoms with E-state index in [4.69, 9.17) is 11.0 Å². The molecule has 0 aliphatic carbocycles. The minimum absolute atomic E-state index is 0.266. The highest BCUT2D eigenvalue weighted by Crippen LogP contribution is 2.00. The summed E-state index contributed by atoms with van der Waals surface area (Å²) in [6.45, 7) is 2.02. The van der Waals surface area contributed by atoms with Crippen molar-refractivity contribution in [3.8, 4) is 6.07 Å². The Labute approximate surface area is 109 Å². The fourth-order valence-corrected chi connectivity index (χ4v) is 1.50. The molecule has 0 saturated carbocycles. The topological polar surface area (TPSA) is 49.8 Å². The molecule has 2 rings (SSSR count). The van der Waals surface area contributed by atoms with E-state index in [0.29, 0.717) is 5.56 Å². The van der Waals surface area contributed by atoms with E-state index in [1.54, 1.807) is 12.1 Å². The predicted octanol–water partition coefficient (Wildman–Crippen LogP) is 3.13.